The molecule has 178 valence electrons. The third-order valence-electron chi connectivity index (χ3n) is 6.27. The summed E-state index contributed by atoms with van der Waals surface area (Å²) in [6.07, 6.45) is 5.52. The van der Waals surface area contributed by atoms with Gasteiger partial charge in [-0.1, -0.05) is 50.7 Å². The highest BCUT2D eigenvalue weighted by Crippen LogP contribution is 2.36. The Morgan fingerprint density at radius 1 is 1.09 bits per heavy atom. The van der Waals surface area contributed by atoms with Crippen LogP contribution in [0, 0.1) is 18.3 Å². The van der Waals surface area contributed by atoms with Crippen molar-refractivity contribution in [1.82, 2.24) is 14.4 Å². The van der Waals surface area contributed by atoms with Crippen molar-refractivity contribution >= 4 is 46.1 Å². The third-order valence-corrected chi connectivity index (χ3v) is 7.65. The highest BCUT2D eigenvalue weighted by molar-refractivity contribution is 8.26. The van der Waals surface area contributed by atoms with E-state index in [0.29, 0.717) is 27.9 Å². The zero-order valence-electron chi connectivity index (χ0n) is 20.0. The van der Waals surface area contributed by atoms with Crippen LogP contribution in [0.2, 0.25) is 0 Å². The van der Waals surface area contributed by atoms with Gasteiger partial charge in [-0.25, -0.2) is 0 Å². The maximum atomic E-state index is 13.3. The van der Waals surface area contributed by atoms with Gasteiger partial charge in [-0.2, -0.15) is 5.26 Å². The Morgan fingerprint density at radius 3 is 2.33 bits per heavy atom. The lowest BCUT2D eigenvalue weighted by Gasteiger charge is -2.36. The predicted molar refractivity (Wildman–Crippen MR) is 140 cm³/mol. The number of carbonyl (C=O) groups excluding carboxylic acids is 1. The van der Waals surface area contributed by atoms with Crippen molar-refractivity contribution in [2.24, 2.45) is 0 Å². The molecule has 3 rings (SSSR count). The van der Waals surface area contributed by atoms with Crippen molar-refractivity contribution in [3.8, 4) is 6.07 Å². The highest BCUT2D eigenvalue weighted by atomic mass is 32.2. The van der Waals surface area contributed by atoms with Crippen LogP contribution in [0.1, 0.15) is 56.2 Å². The molecular weight excluding hydrogens is 454 g/mol. The number of thioether (sulfide) groups is 1. The van der Waals surface area contributed by atoms with Gasteiger partial charge in [0.05, 0.1) is 4.91 Å². The van der Waals surface area contributed by atoms with Gasteiger partial charge in [0, 0.05) is 44.8 Å². The van der Waals surface area contributed by atoms with Crippen molar-refractivity contribution in [3.05, 3.63) is 31.9 Å². The number of amides is 1. The first-order chi connectivity index (χ1) is 15.8. The second kappa shape index (κ2) is 11.3. The average Bonchev–Trinajstić information content (AvgIpc) is 3.06. The molecule has 0 radical (unpaired) electrons. The fraction of sp³-hybridized carbons (Fsp3) is 0.583. The molecule has 2 aliphatic rings. The maximum absolute atomic E-state index is 13.3. The lowest BCUT2D eigenvalue weighted by Crippen LogP contribution is -2.47. The Labute approximate surface area is 206 Å². The molecule has 0 atom stereocenters. The Hall–Kier alpha value is -2.15. The van der Waals surface area contributed by atoms with E-state index in [2.05, 4.69) is 36.8 Å². The minimum Gasteiger partial charge on any atom is -0.355 e. The topological polar surface area (TPSA) is 72.6 Å². The molecule has 1 aromatic heterocycles. The van der Waals surface area contributed by atoms with Crippen molar-refractivity contribution in [3.63, 3.8) is 0 Å². The first kappa shape index (κ1) is 25.5. The molecule has 0 aromatic carbocycles. The highest BCUT2D eigenvalue weighted by Gasteiger charge is 2.33. The van der Waals surface area contributed by atoms with Crippen LogP contribution >= 0.6 is 24.0 Å². The molecule has 0 bridgehead atoms. The van der Waals surface area contributed by atoms with Crippen molar-refractivity contribution in [1.29, 1.82) is 5.26 Å². The molecule has 33 heavy (non-hydrogen) atoms. The molecule has 7 nitrogen and oxygen atoms in total. The first-order valence-corrected chi connectivity index (χ1v) is 12.9. The number of anilines is 1. The Kier molecular flexibility index (Phi) is 8.74. The van der Waals surface area contributed by atoms with E-state index in [1.807, 2.05) is 13.0 Å². The molecule has 0 unspecified atom stereocenters. The van der Waals surface area contributed by atoms with Gasteiger partial charge in [0.2, 0.25) is 0 Å². The van der Waals surface area contributed by atoms with Crippen molar-refractivity contribution in [2.45, 2.75) is 53.0 Å². The van der Waals surface area contributed by atoms with E-state index in [4.69, 9.17) is 12.2 Å². The van der Waals surface area contributed by atoms with Gasteiger partial charge in [-0.05, 0) is 38.5 Å². The third kappa shape index (κ3) is 5.34. The Bertz CT molecular complexity index is 1050. The van der Waals surface area contributed by atoms with Gasteiger partial charge < -0.3 is 9.80 Å². The van der Waals surface area contributed by atoms with Crippen LogP contribution in [-0.2, 0) is 11.3 Å². The Balaban J connectivity index is 2.18. The van der Waals surface area contributed by atoms with E-state index in [1.165, 1.54) is 11.8 Å². The first-order valence-electron chi connectivity index (χ1n) is 11.7. The number of piperazine rings is 1. The van der Waals surface area contributed by atoms with E-state index >= 15 is 0 Å². The lowest BCUT2D eigenvalue weighted by molar-refractivity contribution is -0.122. The summed E-state index contributed by atoms with van der Waals surface area (Å²) in [6.45, 7) is 10.5. The zero-order chi connectivity index (χ0) is 24.1. The largest absolute Gasteiger partial charge is 0.355 e. The molecule has 2 aliphatic heterocycles. The minimum absolute atomic E-state index is 0.0907. The molecule has 1 aromatic rings. The van der Waals surface area contributed by atoms with Crippen LogP contribution in [0.15, 0.2) is 9.70 Å². The van der Waals surface area contributed by atoms with Crippen LogP contribution in [0.3, 0.4) is 0 Å². The van der Waals surface area contributed by atoms with Gasteiger partial charge in [0.25, 0.3) is 11.5 Å². The second-order valence-electron chi connectivity index (χ2n) is 8.64. The SMILES string of the molecule is CCCCN1C(=O)C(=Cc2c(C)c(C#N)c(=O)n(CCCC)c2N2CCN(C)CC2)SC1=S. The van der Waals surface area contributed by atoms with E-state index in [0.717, 1.165) is 63.2 Å². The molecule has 2 fully saturated rings. The number of aromatic nitrogens is 1. The number of nitrogens with zero attached hydrogens (tertiary/aromatic N) is 5. The van der Waals surface area contributed by atoms with Crippen LogP contribution in [0.25, 0.3) is 6.08 Å². The number of rotatable bonds is 8. The standard InChI is InChI=1S/C24H33N5O2S2/c1-5-7-9-28-21(27-13-11-26(4)12-14-27)18(17(3)19(16-25)22(28)30)15-20-23(31)29(10-8-6-2)24(32)33-20/h15H,5-14H2,1-4H3. The smallest absolute Gasteiger partial charge is 0.270 e. The van der Waals surface area contributed by atoms with Crippen molar-refractivity contribution in [2.75, 3.05) is 44.7 Å². The van der Waals surface area contributed by atoms with Crippen molar-refractivity contribution < 1.29 is 4.79 Å². The number of pyridine rings is 1. The predicted octanol–water partition coefficient (Wildman–Crippen LogP) is 3.58. The van der Waals surface area contributed by atoms with Crippen LogP contribution in [0.4, 0.5) is 5.82 Å². The van der Waals surface area contributed by atoms with Gasteiger partial charge in [0.15, 0.2) is 0 Å². The van der Waals surface area contributed by atoms with E-state index < -0.39 is 0 Å². The number of nitriles is 1. The normalized spacial score (nSPS) is 18.5. The number of hydrogen-bond donors (Lipinski definition) is 0. The average molecular weight is 488 g/mol. The number of likely N-dealkylation sites (N-methyl/N-ethyl adjacent to an activating group) is 1. The fourth-order valence-electron chi connectivity index (χ4n) is 4.17. The summed E-state index contributed by atoms with van der Waals surface area (Å²) >= 11 is 6.79. The molecule has 0 N–H and O–H groups in total. The van der Waals surface area contributed by atoms with E-state index in [1.54, 1.807) is 9.47 Å². The monoisotopic (exact) mass is 487 g/mol. The maximum Gasteiger partial charge on any atom is 0.270 e. The molecule has 0 saturated carbocycles. The van der Waals surface area contributed by atoms with E-state index in [-0.39, 0.29) is 17.0 Å². The van der Waals surface area contributed by atoms with E-state index in [9.17, 15) is 14.9 Å². The van der Waals surface area contributed by atoms with Gasteiger partial charge >= 0.3 is 0 Å². The number of unbranched alkanes of at least 4 members (excludes halogenated alkanes) is 2. The van der Waals surface area contributed by atoms with Crippen LogP contribution in [-0.4, -0.2) is 64.4 Å². The van der Waals surface area contributed by atoms with Crippen LogP contribution < -0.4 is 10.5 Å². The molecule has 0 aliphatic carbocycles. The fourth-order valence-corrected chi connectivity index (χ4v) is 5.46. The summed E-state index contributed by atoms with van der Waals surface area (Å²) in [5.74, 6) is 0.726. The quantitative estimate of drug-likeness (QED) is 0.410. The summed E-state index contributed by atoms with van der Waals surface area (Å²) < 4.78 is 2.32. The molecular formula is C24H33N5O2S2. The minimum atomic E-state index is -0.245. The second-order valence-corrected chi connectivity index (χ2v) is 10.3. The number of thiocarbonyl (C=S) groups is 1. The molecule has 0 spiro atoms. The summed E-state index contributed by atoms with van der Waals surface area (Å²) in [5, 5.41) is 9.80. The lowest BCUT2D eigenvalue weighted by atomic mass is 10.0. The van der Waals surface area contributed by atoms with Crippen LogP contribution in [0.5, 0.6) is 0 Å². The summed E-state index contributed by atoms with van der Waals surface area (Å²) in [4.78, 5) is 33.2. The number of hydrogen-bond acceptors (Lipinski definition) is 7. The summed E-state index contributed by atoms with van der Waals surface area (Å²) in [5.41, 5.74) is 1.31. The molecule has 3 heterocycles. The van der Waals surface area contributed by atoms with Gasteiger partial charge in [0.1, 0.15) is 21.8 Å². The zero-order valence-corrected chi connectivity index (χ0v) is 21.7. The van der Waals surface area contributed by atoms with Gasteiger partial charge in [-0.3, -0.25) is 19.1 Å². The number of carbonyl (C=O) groups is 1. The summed E-state index contributed by atoms with van der Waals surface area (Å²) in [6, 6.07) is 2.12. The molecule has 9 heteroatoms. The molecule has 1 amide bonds. The summed E-state index contributed by atoms with van der Waals surface area (Å²) in [7, 11) is 2.09. The van der Waals surface area contributed by atoms with Gasteiger partial charge in [-0.15, -0.1) is 0 Å². The molecule has 2 saturated heterocycles. The Morgan fingerprint density at radius 2 is 1.73 bits per heavy atom.